The molecule has 148 valence electrons. The van der Waals surface area contributed by atoms with E-state index in [4.69, 9.17) is 4.98 Å². The maximum atomic E-state index is 11.9. The number of hydrogen-bond acceptors (Lipinski definition) is 6. The highest BCUT2D eigenvalue weighted by Crippen LogP contribution is 2.32. The summed E-state index contributed by atoms with van der Waals surface area (Å²) in [6.07, 6.45) is 4.53. The molecule has 5 nitrogen and oxygen atoms in total. The zero-order valence-electron chi connectivity index (χ0n) is 16.9. The van der Waals surface area contributed by atoms with Gasteiger partial charge >= 0.3 is 0 Å². The van der Waals surface area contributed by atoms with Crippen LogP contribution in [-0.2, 0) is 4.79 Å². The van der Waals surface area contributed by atoms with Gasteiger partial charge in [-0.2, -0.15) is 0 Å². The van der Waals surface area contributed by atoms with Crippen LogP contribution < -0.4 is 5.32 Å². The van der Waals surface area contributed by atoms with E-state index in [-0.39, 0.29) is 11.9 Å². The first-order chi connectivity index (χ1) is 12.8. The number of carbonyl (C=O) groups excluding carboxylic acids is 1. The van der Waals surface area contributed by atoms with E-state index in [1.54, 1.807) is 29.6 Å². The van der Waals surface area contributed by atoms with Crippen LogP contribution in [0.25, 0.3) is 11.4 Å². The van der Waals surface area contributed by atoms with Gasteiger partial charge in [-0.25, -0.2) is 9.97 Å². The van der Waals surface area contributed by atoms with Crippen LogP contribution in [-0.4, -0.2) is 39.4 Å². The van der Waals surface area contributed by atoms with Crippen molar-refractivity contribution in [1.29, 1.82) is 0 Å². The summed E-state index contributed by atoms with van der Waals surface area (Å²) in [4.78, 5) is 24.5. The summed E-state index contributed by atoms with van der Waals surface area (Å²) in [7, 11) is 0. The van der Waals surface area contributed by atoms with Crippen molar-refractivity contribution in [2.24, 2.45) is 5.92 Å². The minimum absolute atomic E-state index is 0.203. The molecule has 1 amide bonds. The second kappa shape index (κ2) is 8.69. The lowest BCUT2D eigenvalue weighted by molar-refractivity contribution is -0.134. The molecule has 1 fully saturated rings. The highest BCUT2D eigenvalue weighted by Gasteiger charge is 2.28. The van der Waals surface area contributed by atoms with Crippen LogP contribution in [0.1, 0.15) is 56.3 Å². The third kappa shape index (κ3) is 4.88. The smallest absolute Gasteiger partial charge is 0.219 e. The van der Waals surface area contributed by atoms with Gasteiger partial charge in [0, 0.05) is 35.8 Å². The van der Waals surface area contributed by atoms with Crippen molar-refractivity contribution >= 4 is 33.7 Å². The first-order valence-electron chi connectivity index (χ1n) is 9.77. The first kappa shape index (κ1) is 20.3. The van der Waals surface area contributed by atoms with Crippen LogP contribution in [0, 0.1) is 19.8 Å². The summed E-state index contributed by atoms with van der Waals surface area (Å²) in [5, 5.41) is 7.68. The molecule has 1 saturated carbocycles. The van der Waals surface area contributed by atoms with Crippen LogP contribution in [0.15, 0.2) is 5.38 Å². The zero-order valence-corrected chi connectivity index (χ0v) is 18.5. The molecular weight excluding hydrogens is 376 g/mol. The van der Waals surface area contributed by atoms with E-state index in [0.717, 1.165) is 53.8 Å². The van der Waals surface area contributed by atoms with Crippen LogP contribution in [0.3, 0.4) is 0 Å². The van der Waals surface area contributed by atoms with Gasteiger partial charge in [0.05, 0.1) is 5.01 Å². The van der Waals surface area contributed by atoms with E-state index in [1.807, 2.05) is 6.92 Å². The van der Waals surface area contributed by atoms with Crippen molar-refractivity contribution in [2.45, 2.75) is 72.4 Å². The predicted molar refractivity (Wildman–Crippen MR) is 115 cm³/mol. The number of aryl methyl sites for hydroxylation is 2. The normalized spacial score (nSPS) is 20.1. The summed E-state index contributed by atoms with van der Waals surface area (Å²) in [6, 6.07) is 0.690. The maximum Gasteiger partial charge on any atom is 0.219 e. The number of rotatable bonds is 6. The minimum atomic E-state index is 0.203. The van der Waals surface area contributed by atoms with Crippen LogP contribution >= 0.6 is 22.7 Å². The monoisotopic (exact) mass is 406 g/mol. The van der Waals surface area contributed by atoms with Crippen LogP contribution in [0.5, 0.6) is 0 Å². The van der Waals surface area contributed by atoms with Gasteiger partial charge in [0.25, 0.3) is 0 Å². The lowest BCUT2D eigenvalue weighted by Gasteiger charge is -2.39. The number of aromatic nitrogens is 2. The Morgan fingerprint density at radius 1 is 1.26 bits per heavy atom. The van der Waals surface area contributed by atoms with Crippen molar-refractivity contribution in [3.63, 3.8) is 0 Å². The Morgan fingerprint density at radius 2 is 1.96 bits per heavy atom. The summed E-state index contributed by atoms with van der Waals surface area (Å²) >= 11 is 3.37. The molecule has 2 heterocycles. The van der Waals surface area contributed by atoms with E-state index in [0.29, 0.717) is 12.0 Å². The standard InChI is InChI=1S/C20H30N4OS2/c1-12(2)24(15(5)25)17-8-6-16(7-9-17)10-21-20-23-18(11-26-20)19-13(3)27-14(4)22-19/h11-12,16-17H,6-10H2,1-5H3,(H,21,23). The second-order valence-electron chi connectivity index (χ2n) is 7.75. The molecule has 0 radical (unpaired) electrons. The molecule has 3 rings (SSSR count). The molecule has 2 aromatic rings. The predicted octanol–water partition coefficient (Wildman–Crippen LogP) is 5.11. The molecule has 0 bridgehead atoms. The quantitative estimate of drug-likeness (QED) is 0.724. The van der Waals surface area contributed by atoms with Gasteiger partial charge in [0.15, 0.2) is 5.13 Å². The lowest BCUT2D eigenvalue weighted by Crippen LogP contribution is -2.45. The van der Waals surface area contributed by atoms with Gasteiger partial charge < -0.3 is 10.2 Å². The molecule has 0 unspecified atom stereocenters. The number of hydrogen-bond donors (Lipinski definition) is 1. The third-order valence-electron chi connectivity index (χ3n) is 5.32. The number of nitrogens with one attached hydrogen (secondary N) is 1. The van der Waals surface area contributed by atoms with Crippen molar-refractivity contribution in [2.75, 3.05) is 11.9 Å². The summed E-state index contributed by atoms with van der Waals surface area (Å²) in [5.41, 5.74) is 1.99. The van der Waals surface area contributed by atoms with Crippen molar-refractivity contribution in [3.05, 3.63) is 15.3 Å². The van der Waals surface area contributed by atoms with Crippen LogP contribution in [0.4, 0.5) is 5.13 Å². The summed E-state index contributed by atoms with van der Waals surface area (Å²) < 4.78 is 0. The average molecular weight is 407 g/mol. The van der Waals surface area contributed by atoms with E-state index in [9.17, 15) is 4.79 Å². The number of anilines is 1. The fraction of sp³-hybridized carbons (Fsp3) is 0.650. The molecule has 0 spiro atoms. The molecule has 1 N–H and O–H groups in total. The lowest BCUT2D eigenvalue weighted by atomic mass is 9.85. The fourth-order valence-electron chi connectivity index (χ4n) is 4.13. The molecule has 0 aromatic carbocycles. The molecule has 27 heavy (non-hydrogen) atoms. The molecule has 0 atom stereocenters. The Bertz CT molecular complexity index is 775. The number of carbonyl (C=O) groups is 1. The Hall–Kier alpha value is -1.47. The largest absolute Gasteiger partial charge is 0.361 e. The molecule has 2 aromatic heterocycles. The molecule has 7 heteroatoms. The zero-order chi connectivity index (χ0) is 19.6. The maximum absolute atomic E-state index is 11.9. The van der Waals surface area contributed by atoms with Crippen LogP contribution in [0.2, 0.25) is 0 Å². The summed E-state index contributed by atoms with van der Waals surface area (Å²) in [5.74, 6) is 0.854. The van der Waals surface area contributed by atoms with Gasteiger partial charge in [-0.1, -0.05) is 0 Å². The highest BCUT2D eigenvalue weighted by molar-refractivity contribution is 7.14. The Kier molecular flexibility index (Phi) is 6.52. The second-order valence-corrected chi connectivity index (χ2v) is 10.0. The van der Waals surface area contributed by atoms with E-state index < -0.39 is 0 Å². The topological polar surface area (TPSA) is 58.1 Å². The Morgan fingerprint density at radius 3 is 2.52 bits per heavy atom. The van der Waals surface area contributed by atoms with E-state index in [1.165, 1.54) is 4.88 Å². The van der Waals surface area contributed by atoms with Crippen molar-refractivity contribution in [1.82, 2.24) is 14.9 Å². The van der Waals surface area contributed by atoms with Crippen molar-refractivity contribution in [3.8, 4) is 11.4 Å². The van der Waals surface area contributed by atoms with Gasteiger partial charge in [0.2, 0.25) is 5.91 Å². The highest BCUT2D eigenvalue weighted by atomic mass is 32.1. The van der Waals surface area contributed by atoms with E-state index in [2.05, 4.69) is 41.4 Å². The Labute approximate surface area is 170 Å². The van der Waals surface area contributed by atoms with Gasteiger partial charge in [-0.15, -0.1) is 22.7 Å². The summed E-state index contributed by atoms with van der Waals surface area (Å²) in [6.45, 7) is 11.0. The number of thiazole rings is 2. The minimum Gasteiger partial charge on any atom is -0.361 e. The molecular formula is C20H30N4OS2. The molecule has 1 aliphatic rings. The van der Waals surface area contributed by atoms with E-state index >= 15 is 0 Å². The molecule has 0 aliphatic heterocycles. The van der Waals surface area contributed by atoms with Gasteiger partial charge in [0.1, 0.15) is 11.4 Å². The third-order valence-corrected chi connectivity index (χ3v) is 7.01. The fourth-order valence-corrected chi connectivity index (χ4v) is 5.66. The molecule has 1 aliphatic carbocycles. The van der Waals surface area contributed by atoms with Gasteiger partial charge in [-0.3, -0.25) is 4.79 Å². The number of amides is 1. The first-order valence-corrected chi connectivity index (χ1v) is 11.5. The van der Waals surface area contributed by atoms with Gasteiger partial charge in [-0.05, 0) is 59.3 Å². The van der Waals surface area contributed by atoms with Crippen molar-refractivity contribution < 1.29 is 4.79 Å². The average Bonchev–Trinajstić information content (AvgIpc) is 3.19. The Balaban J connectivity index is 1.51. The SMILES string of the molecule is CC(=O)N(C(C)C)C1CCC(CNc2nc(-c3nc(C)sc3C)cs2)CC1. The number of nitrogens with zero attached hydrogens (tertiary/aromatic N) is 3. The molecule has 0 saturated heterocycles.